The number of aromatic nitrogens is 3. The molecule has 0 atom stereocenters. The minimum absolute atomic E-state index is 0.0148. The van der Waals surface area contributed by atoms with Crippen LogP contribution in [-0.4, -0.2) is 33.4 Å². The summed E-state index contributed by atoms with van der Waals surface area (Å²) in [6, 6.07) is 6.66. The van der Waals surface area contributed by atoms with E-state index in [0.717, 1.165) is 15.2 Å². The van der Waals surface area contributed by atoms with Crippen molar-refractivity contribution >= 4 is 29.0 Å². The van der Waals surface area contributed by atoms with Crippen molar-refractivity contribution in [2.45, 2.75) is 25.6 Å². The first-order valence-electron chi connectivity index (χ1n) is 10.7. The molecule has 1 aromatic carbocycles. The molecule has 0 amide bonds. The Labute approximate surface area is 211 Å². The fraction of sp³-hybridized carbons (Fsp3) is 0.304. The summed E-state index contributed by atoms with van der Waals surface area (Å²) in [5.74, 6) is -2.33. The molecule has 1 aliphatic heterocycles. The third-order valence-corrected chi connectivity index (χ3v) is 6.46. The highest BCUT2D eigenvalue weighted by atomic mass is 35.5. The topological polar surface area (TPSA) is 83.9 Å². The summed E-state index contributed by atoms with van der Waals surface area (Å²) in [4.78, 5) is 32.7. The van der Waals surface area contributed by atoms with Gasteiger partial charge in [-0.05, 0) is 36.6 Å². The number of hydrogen-bond acceptors (Lipinski definition) is 5. The first-order valence-corrected chi connectivity index (χ1v) is 11.4. The van der Waals surface area contributed by atoms with Crippen LogP contribution in [0.5, 0.6) is 0 Å². The largest absolute Gasteiger partial charge is 0.391 e. The Hall–Kier alpha value is -3.36. The van der Waals surface area contributed by atoms with Crippen molar-refractivity contribution in [3.05, 3.63) is 73.4 Å². The van der Waals surface area contributed by atoms with Gasteiger partial charge >= 0.3 is 11.9 Å². The number of halogens is 6. The Kier molecular flexibility index (Phi) is 7.11. The van der Waals surface area contributed by atoms with Gasteiger partial charge in [-0.3, -0.25) is 14.3 Å². The van der Waals surface area contributed by atoms with E-state index in [0.29, 0.717) is 0 Å². The maximum atomic E-state index is 13.9. The van der Waals surface area contributed by atoms with E-state index >= 15 is 0 Å². The quantitative estimate of drug-likeness (QED) is 0.442. The van der Waals surface area contributed by atoms with E-state index in [1.165, 1.54) is 35.5 Å². The second-order valence-corrected chi connectivity index (χ2v) is 9.00. The molecule has 0 bridgehead atoms. The molecule has 13 heteroatoms. The fourth-order valence-electron chi connectivity index (χ4n) is 4.26. The van der Waals surface area contributed by atoms with Gasteiger partial charge in [-0.25, -0.2) is 13.8 Å². The summed E-state index contributed by atoms with van der Waals surface area (Å²) in [5, 5.41) is 9.30. The number of alkyl halides is 3. The lowest BCUT2D eigenvalue weighted by atomic mass is 9.95. The van der Waals surface area contributed by atoms with Crippen LogP contribution in [-0.2, 0) is 6.54 Å². The van der Waals surface area contributed by atoms with E-state index < -0.39 is 35.7 Å². The van der Waals surface area contributed by atoms with Crippen LogP contribution in [0.2, 0.25) is 10.0 Å². The molecule has 1 fully saturated rings. The summed E-state index contributed by atoms with van der Waals surface area (Å²) >= 11 is 12.0. The Morgan fingerprint density at radius 1 is 1.11 bits per heavy atom. The molecule has 0 unspecified atom stereocenters. The number of benzene rings is 1. The summed E-state index contributed by atoms with van der Waals surface area (Å²) in [6.45, 7) is -0.762. The molecular formula is C23H17Cl2F4N5O2. The number of nitriles is 1. The molecule has 3 aromatic rings. The zero-order valence-electron chi connectivity index (χ0n) is 18.4. The van der Waals surface area contributed by atoms with E-state index in [9.17, 15) is 32.4 Å². The Balaban J connectivity index is 2.02. The van der Waals surface area contributed by atoms with Crippen LogP contribution in [0.4, 0.5) is 23.4 Å². The molecule has 188 valence electrons. The maximum absolute atomic E-state index is 13.9. The smallest absolute Gasteiger partial charge is 0.357 e. The van der Waals surface area contributed by atoms with Gasteiger partial charge in [-0.2, -0.15) is 18.4 Å². The minimum atomic E-state index is -4.38. The molecule has 0 radical (unpaired) electrons. The number of rotatable bonds is 4. The number of pyridine rings is 1. The van der Waals surface area contributed by atoms with E-state index in [1.54, 1.807) is 0 Å². The minimum Gasteiger partial charge on any atom is -0.357 e. The summed E-state index contributed by atoms with van der Waals surface area (Å²) < 4.78 is 55.5. The van der Waals surface area contributed by atoms with Crippen molar-refractivity contribution in [2.24, 2.45) is 5.92 Å². The van der Waals surface area contributed by atoms with Gasteiger partial charge in [0.05, 0.1) is 39.5 Å². The van der Waals surface area contributed by atoms with E-state index in [1.807, 2.05) is 6.07 Å². The van der Waals surface area contributed by atoms with Gasteiger partial charge in [-0.1, -0.05) is 29.3 Å². The van der Waals surface area contributed by atoms with Crippen molar-refractivity contribution in [3.63, 3.8) is 0 Å². The summed E-state index contributed by atoms with van der Waals surface area (Å²) in [6.07, 6.45) is -2.40. The van der Waals surface area contributed by atoms with E-state index in [-0.39, 0.29) is 58.6 Å². The standard InChI is InChI=1S/C23H17Cl2F4N5O2/c24-15-10-16(12-31-11-15)34-21(35)19(13-1-2-18(26)17(25)9-13)20(33(8-5-30)22(34)36)32-6-3-14(4-7-32)23(27,28)29/h1-2,9-12,14H,3-4,6-8H2. The second-order valence-electron chi connectivity index (χ2n) is 8.16. The second kappa shape index (κ2) is 9.95. The molecule has 36 heavy (non-hydrogen) atoms. The Morgan fingerprint density at radius 3 is 2.39 bits per heavy atom. The van der Waals surface area contributed by atoms with Crippen LogP contribution in [0.15, 0.2) is 46.2 Å². The SMILES string of the molecule is N#CCn1c(N2CCC(C(F)(F)F)CC2)c(-c2ccc(F)c(Cl)c2)c(=O)n(-c2cncc(Cl)c2)c1=O. The van der Waals surface area contributed by atoms with Crippen LogP contribution in [0.25, 0.3) is 16.8 Å². The molecule has 1 aliphatic rings. The Morgan fingerprint density at radius 2 is 1.81 bits per heavy atom. The number of piperidine rings is 1. The molecule has 0 saturated carbocycles. The lowest BCUT2D eigenvalue weighted by Gasteiger charge is -2.36. The molecule has 0 aliphatic carbocycles. The molecule has 7 nitrogen and oxygen atoms in total. The molecule has 3 heterocycles. The van der Waals surface area contributed by atoms with Crippen molar-refractivity contribution in [3.8, 4) is 22.9 Å². The average Bonchev–Trinajstić information content (AvgIpc) is 2.82. The molecule has 4 rings (SSSR count). The summed E-state index contributed by atoms with van der Waals surface area (Å²) in [5.41, 5.74) is -1.75. The summed E-state index contributed by atoms with van der Waals surface area (Å²) in [7, 11) is 0. The highest BCUT2D eigenvalue weighted by Gasteiger charge is 2.42. The van der Waals surface area contributed by atoms with Gasteiger partial charge in [0.15, 0.2) is 0 Å². The molecule has 0 spiro atoms. The highest BCUT2D eigenvalue weighted by molar-refractivity contribution is 6.31. The monoisotopic (exact) mass is 541 g/mol. The number of hydrogen-bond donors (Lipinski definition) is 0. The highest BCUT2D eigenvalue weighted by Crippen LogP contribution is 2.37. The molecule has 2 aromatic heterocycles. The third kappa shape index (κ3) is 4.83. The average molecular weight is 542 g/mol. The molecule has 1 saturated heterocycles. The molecular weight excluding hydrogens is 525 g/mol. The lowest BCUT2D eigenvalue weighted by molar-refractivity contribution is -0.179. The number of nitrogens with zero attached hydrogens (tertiary/aromatic N) is 5. The third-order valence-electron chi connectivity index (χ3n) is 5.96. The van der Waals surface area contributed by atoms with Crippen LogP contribution in [0, 0.1) is 23.1 Å². The fourth-order valence-corrected chi connectivity index (χ4v) is 4.60. The normalized spacial score (nSPS) is 14.6. The van der Waals surface area contributed by atoms with Gasteiger partial charge in [0, 0.05) is 19.3 Å². The molecule has 0 N–H and O–H groups in total. The van der Waals surface area contributed by atoms with Gasteiger partial charge in [0.25, 0.3) is 5.56 Å². The first kappa shape index (κ1) is 25.7. The number of anilines is 1. The van der Waals surface area contributed by atoms with Crippen molar-refractivity contribution in [1.29, 1.82) is 5.26 Å². The van der Waals surface area contributed by atoms with E-state index in [4.69, 9.17) is 23.2 Å². The van der Waals surface area contributed by atoms with Gasteiger partial charge in [-0.15, -0.1) is 0 Å². The predicted octanol–water partition coefficient (Wildman–Crippen LogP) is 4.81. The van der Waals surface area contributed by atoms with Crippen LogP contribution in [0.3, 0.4) is 0 Å². The van der Waals surface area contributed by atoms with Crippen molar-refractivity contribution in [2.75, 3.05) is 18.0 Å². The van der Waals surface area contributed by atoms with Gasteiger partial charge in [0.2, 0.25) is 0 Å². The first-order chi connectivity index (χ1) is 17.0. The van der Waals surface area contributed by atoms with Crippen LogP contribution in [0.1, 0.15) is 12.8 Å². The van der Waals surface area contributed by atoms with Crippen LogP contribution < -0.4 is 16.1 Å². The zero-order chi connectivity index (χ0) is 26.2. The lowest BCUT2D eigenvalue weighted by Crippen LogP contribution is -2.46. The zero-order valence-corrected chi connectivity index (χ0v) is 19.9. The predicted molar refractivity (Wildman–Crippen MR) is 126 cm³/mol. The van der Waals surface area contributed by atoms with Crippen molar-refractivity contribution in [1.82, 2.24) is 14.1 Å². The van der Waals surface area contributed by atoms with Crippen molar-refractivity contribution < 1.29 is 17.6 Å². The van der Waals surface area contributed by atoms with Crippen LogP contribution >= 0.6 is 23.2 Å². The maximum Gasteiger partial charge on any atom is 0.391 e. The van der Waals surface area contributed by atoms with Gasteiger partial charge in [0.1, 0.15) is 18.2 Å². The van der Waals surface area contributed by atoms with Gasteiger partial charge < -0.3 is 4.90 Å². The Bertz CT molecular complexity index is 1470. The van der Waals surface area contributed by atoms with E-state index in [2.05, 4.69) is 4.98 Å².